The summed E-state index contributed by atoms with van der Waals surface area (Å²) < 4.78 is 0. The maximum Gasteiger partial charge on any atom is 0.186 e. The summed E-state index contributed by atoms with van der Waals surface area (Å²) in [6.07, 6.45) is 1.77. The van der Waals surface area contributed by atoms with Crippen LogP contribution in [0.5, 0.6) is 0 Å². The van der Waals surface area contributed by atoms with Crippen LogP contribution in [0.2, 0.25) is 0 Å². The second-order valence-corrected chi connectivity index (χ2v) is 8.15. The number of hydrogen-bond donors (Lipinski definition) is 0. The molecule has 0 aliphatic rings. The van der Waals surface area contributed by atoms with Crippen LogP contribution in [0.3, 0.4) is 0 Å². The molecule has 0 unspecified atom stereocenters. The van der Waals surface area contributed by atoms with Gasteiger partial charge in [0, 0.05) is 5.56 Å². The Labute approximate surface area is 200 Å². The zero-order valence-electron chi connectivity index (χ0n) is 18.8. The first kappa shape index (κ1) is 21.4. The highest BCUT2D eigenvalue weighted by Gasteiger charge is 2.15. The molecule has 162 valence electrons. The van der Waals surface area contributed by atoms with Crippen LogP contribution in [0.15, 0.2) is 146 Å². The summed E-state index contributed by atoms with van der Waals surface area (Å²) in [4.78, 5) is 13.3. The molecule has 0 aliphatic carbocycles. The van der Waals surface area contributed by atoms with Gasteiger partial charge in [0.25, 0.3) is 0 Å². The lowest BCUT2D eigenvalue weighted by Gasteiger charge is -2.16. The lowest BCUT2D eigenvalue weighted by molar-refractivity contribution is 0.104. The largest absolute Gasteiger partial charge is 0.289 e. The monoisotopic (exact) mass is 436 g/mol. The molecule has 0 aromatic heterocycles. The minimum absolute atomic E-state index is 0.00870. The fourth-order valence-electron chi connectivity index (χ4n) is 4.20. The van der Waals surface area contributed by atoms with Gasteiger partial charge >= 0.3 is 0 Å². The summed E-state index contributed by atoms with van der Waals surface area (Å²) >= 11 is 0. The molecule has 0 saturated heterocycles. The first-order chi connectivity index (χ1) is 16.8. The normalized spacial score (nSPS) is 11.2. The number of rotatable bonds is 6. The molecule has 5 rings (SSSR count). The van der Waals surface area contributed by atoms with Crippen molar-refractivity contribution in [2.45, 2.75) is 0 Å². The second-order valence-electron chi connectivity index (χ2n) is 8.15. The van der Waals surface area contributed by atoms with Crippen molar-refractivity contribution in [1.29, 1.82) is 0 Å². The fourth-order valence-corrected chi connectivity index (χ4v) is 4.20. The van der Waals surface area contributed by atoms with Crippen molar-refractivity contribution < 1.29 is 4.79 Å². The van der Waals surface area contributed by atoms with E-state index in [2.05, 4.69) is 78.9 Å². The number of hydrogen-bond acceptors (Lipinski definition) is 1. The predicted octanol–water partition coefficient (Wildman–Crippen LogP) is 8.34. The van der Waals surface area contributed by atoms with Gasteiger partial charge in [-0.1, -0.05) is 133 Å². The fraction of sp³-hybridized carbons (Fsp3) is 0. The van der Waals surface area contributed by atoms with Crippen LogP contribution in [0.1, 0.15) is 21.5 Å². The minimum Gasteiger partial charge on any atom is -0.289 e. The van der Waals surface area contributed by atoms with E-state index in [0.29, 0.717) is 5.56 Å². The van der Waals surface area contributed by atoms with Gasteiger partial charge < -0.3 is 0 Å². The van der Waals surface area contributed by atoms with Gasteiger partial charge in [-0.05, 0) is 51.1 Å². The van der Waals surface area contributed by atoms with Crippen molar-refractivity contribution >= 4 is 11.4 Å². The Hall–Kier alpha value is -4.49. The molecule has 5 aromatic rings. The number of carbonyl (C=O) groups excluding carboxylic acids is 1. The standard InChI is InChI=1S/C33H24O/c34-33(28-19-11-4-12-20-28)24-32(27-17-9-3-10-18-27)30-22-21-29(25-13-5-1-6-14-25)23-31(30)26-15-7-2-8-16-26/h1-24H/b32-24+. The molecule has 0 aliphatic heterocycles. The average Bonchev–Trinajstić information content (AvgIpc) is 2.93. The van der Waals surface area contributed by atoms with Crippen LogP contribution in [-0.2, 0) is 0 Å². The molecule has 0 spiro atoms. The Bertz CT molecular complexity index is 1420. The highest BCUT2D eigenvalue weighted by atomic mass is 16.1. The molecule has 1 heteroatoms. The van der Waals surface area contributed by atoms with E-state index in [1.165, 1.54) is 0 Å². The predicted molar refractivity (Wildman–Crippen MR) is 142 cm³/mol. The van der Waals surface area contributed by atoms with Gasteiger partial charge in [-0.15, -0.1) is 0 Å². The Morgan fingerprint density at radius 2 is 0.971 bits per heavy atom. The minimum atomic E-state index is -0.00870. The number of allylic oxidation sites excluding steroid dienone is 1. The molecule has 0 saturated carbocycles. The SMILES string of the molecule is O=C(/C=C(\c1ccccc1)c1ccc(-c2ccccc2)cc1-c1ccccc1)c1ccccc1. The van der Waals surface area contributed by atoms with E-state index in [9.17, 15) is 4.79 Å². The van der Waals surface area contributed by atoms with Gasteiger partial charge in [0.2, 0.25) is 0 Å². The summed E-state index contributed by atoms with van der Waals surface area (Å²) in [6, 6.07) is 46.8. The average molecular weight is 437 g/mol. The van der Waals surface area contributed by atoms with E-state index in [1.54, 1.807) is 6.08 Å². The molecular weight excluding hydrogens is 412 g/mol. The van der Waals surface area contributed by atoms with Gasteiger partial charge in [-0.25, -0.2) is 0 Å². The zero-order valence-corrected chi connectivity index (χ0v) is 18.8. The smallest absolute Gasteiger partial charge is 0.186 e. The molecule has 0 atom stereocenters. The van der Waals surface area contributed by atoms with Crippen LogP contribution in [0.25, 0.3) is 27.8 Å². The molecule has 0 radical (unpaired) electrons. The highest BCUT2D eigenvalue weighted by molar-refractivity contribution is 6.11. The Morgan fingerprint density at radius 1 is 0.471 bits per heavy atom. The molecule has 5 aromatic carbocycles. The van der Waals surface area contributed by atoms with E-state index < -0.39 is 0 Å². The quantitative estimate of drug-likeness (QED) is 0.193. The van der Waals surface area contributed by atoms with Gasteiger partial charge in [0.15, 0.2) is 5.78 Å². The summed E-state index contributed by atoms with van der Waals surface area (Å²) in [7, 11) is 0. The van der Waals surface area contributed by atoms with Crippen LogP contribution >= 0.6 is 0 Å². The van der Waals surface area contributed by atoms with Crippen LogP contribution in [0, 0.1) is 0 Å². The Balaban J connectivity index is 1.72. The van der Waals surface area contributed by atoms with E-state index >= 15 is 0 Å². The van der Waals surface area contributed by atoms with E-state index in [-0.39, 0.29) is 5.78 Å². The van der Waals surface area contributed by atoms with Crippen molar-refractivity contribution in [3.63, 3.8) is 0 Å². The third-order valence-electron chi connectivity index (χ3n) is 5.92. The first-order valence-electron chi connectivity index (χ1n) is 11.4. The van der Waals surface area contributed by atoms with E-state index in [0.717, 1.165) is 39.0 Å². The van der Waals surface area contributed by atoms with Gasteiger partial charge in [-0.3, -0.25) is 4.79 Å². The second kappa shape index (κ2) is 9.97. The first-order valence-corrected chi connectivity index (χ1v) is 11.4. The topological polar surface area (TPSA) is 17.1 Å². The van der Waals surface area contributed by atoms with Crippen LogP contribution < -0.4 is 0 Å². The van der Waals surface area contributed by atoms with E-state index in [4.69, 9.17) is 0 Å². The van der Waals surface area contributed by atoms with Crippen LogP contribution in [-0.4, -0.2) is 5.78 Å². The van der Waals surface area contributed by atoms with Gasteiger partial charge in [0.05, 0.1) is 0 Å². The summed E-state index contributed by atoms with van der Waals surface area (Å²) in [5.74, 6) is -0.00870. The van der Waals surface area contributed by atoms with Crippen molar-refractivity contribution in [2.24, 2.45) is 0 Å². The van der Waals surface area contributed by atoms with Crippen molar-refractivity contribution in [2.75, 3.05) is 0 Å². The Kier molecular flexibility index (Phi) is 6.27. The third-order valence-corrected chi connectivity index (χ3v) is 5.92. The Morgan fingerprint density at radius 3 is 1.56 bits per heavy atom. The third kappa shape index (κ3) is 4.65. The number of benzene rings is 5. The van der Waals surface area contributed by atoms with Crippen molar-refractivity contribution in [3.8, 4) is 22.3 Å². The molecule has 0 amide bonds. The maximum atomic E-state index is 13.3. The zero-order chi connectivity index (χ0) is 23.2. The van der Waals surface area contributed by atoms with Crippen molar-refractivity contribution in [3.05, 3.63) is 162 Å². The maximum absolute atomic E-state index is 13.3. The molecule has 0 fully saturated rings. The van der Waals surface area contributed by atoms with Crippen LogP contribution in [0.4, 0.5) is 0 Å². The highest BCUT2D eigenvalue weighted by Crippen LogP contribution is 2.36. The lowest BCUT2D eigenvalue weighted by atomic mass is 9.87. The molecule has 1 nitrogen and oxygen atoms in total. The summed E-state index contributed by atoms with van der Waals surface area (Å²) in [5.41, 5.74) is 8.15. The molecule has 0 heterocycles. The van der Waals surface area contributed by atoms with Crippen molar-refractivity contribution in [1.82, 2.24) is 0 Å². The number of carbonyl (C=O) groups is 1. The molecule has 0 bridgehead atoms. The lowest BCUT2D eigenvalue weighted by Crippen LogP contribution is -1.99. The molecular formula is C33H24O. The summed E-state index contributed by atoms with van der Waals surface area (Å²) in [5, 5.41) is 0. The summed E-state index contributed by atoms with van der Waals surface area (Å²) in [6.45, 7) is 0. The van der Waals surface area contributed by atoms with Gasteiger partial charge in [-0.2, -0.15) is 0 Å². The molecule has 34 heavy (non-hydrogen) atoms. The van der Waals surface area contributed by atoms with Gasteiger partial charge in [0.1, 0.15) is 0 Å². The molecule has 0 N–H and O–H groups in total. The van der Waals surface area contributed by atoms with E-state index in [1.807, 2.05) is 60.7 Å². The number of ketones is 1.